The zero-order valence-electron chi connectivity index (χ0n) is 15.0. The first-order chi connectivity index (χ1) is 13.0. The van der Waals surface area contributed by atoms with Crippen LogP contribution >= 0.6 is 11.8 Å². The molecule has 0 unspecified atom stereocenters. The first kappa shape index (κ1) is 17.8. The van der Waals surface area contributed by atoms with Crippen LogP contribution in [0.15, 0.2) is 97.6 Å². The number of benzene rings is 2. The van der Waals surface area contributed by atoms with Gasteiger partial charge in [-0.3, -0.25) is 0 Å². The largest absolute Gasteiger partial charge is 0.338 e. The lowest BCUT2D eigenvalue weighted by Gasteiger charge is -2.18. The summed E-state index contributed by atoms with van der Waals surface area (Å²) >= 11 is 1.62. The number of aryl methyl sites for hydroxylation is 1. The van der Waals surface area contributed by atoms with Crippen LogP contribution in [-0.4, -0.2) is 21.2 Å². The molecule has 0 fully saturated rings. The molecular formula is C21H18N2O2S2. The standard InChI is InChI=1S/C21H18N2O2S2/c1-15-11-13-16(14-12-15)27(24,25)22-18-8-4-3-7-17(18)21-23(2)19-9-5-6-10-20(19)26-21/h3-14H,1-2H3. The molecule has 0 aromatic heterocycles. The summed E-state index contributed by atoms with van der Waals surface area (Å²) in [4.78, 5) is 3.42. The molecule has 0 N–H and O–H groups in total. The van der Waals surface area contributed by atoms with E-state index in [1.807, 2.05) is 38.3 Å². The Balaban J connectivity index is 1.79. The number of fused-ring (bicyclic) bond motifs is 1. The van der Waals surface area contributed by atoms with E-state index in [1.54, 1.807) is 48.2 Å². The summed E-state index contributed by atoms with van der Waals surface area (Å²) in [6.45, 7) is 1.92. The molecule has 0 radical (unpaired) electrons. The van der Waals surface area contributed by atoms with Gasteiger partial charge in [0.1, 0.15) is 0 Å². The lowest BCUT2D eigenvalue weighted by molar-refractivity contribution is 0.598. The summed E-state index contributed by atoms with van der Waals surface area (Å²) in [7, 11) is -1.80. The van der Waals surface area contributed by atoms with Crippen LogP contribution in [0.4, 0.5) is 5.69 Å². The van der Waals surface area contributed by atoms with E-state index >= 15 is 0 Å². The van der Waals surface area contributed by atoms with E-state index in [0.29, 0.717) is 5.71 Å². The predicted molar refractivity (Wildman–Crippen MR) is 112 cm³/mol. The lowest BCUT2D eigenvalue weighted by Crippen LogP contribution is -2.16. The molecule has 1 aliphatic heterocycles. The Bertz CT molecular complexity index is 1130. The van der Waals surface area contributed by atoms with Crippen LogP contribution in [0.1, 0.15) is 5.56 Å². The highest BCUT2D eigenvalue weighted by Gasteiger charge is 2.26. The van der Waals surface area contributed by atoms with Gasteiger partial charge in [-0.15, -0.1) is 0 Å². The van der Waals surface area contributed by atoms with Crippen molar-refractivity contribution in [3.63, 3.8) is 0 Å². The van der Waals surface area contributed by atoms with Gasteiger partial charge in [0.15, 0.2) is 0 Å². The van der Waals surface area contributed by atoms with E-state index in [9.17, 15) is 8.42 Å². The van der Waals surface area contributed by atoms with Crippen molar-refractivity contribution >= 4 is 33.2 Å². The second-order valence-electron chi connectivity index (χ2n) is 6.33. The van der Waals surface area contributed by atoms with E-state index in [1.165, 1.54) is 0 Å². The van der Waals surface area contributed by atoms with E-state index in [2.05, 4.69) is 21.4 Å². The third kappa shape index (κ3) is 3.38. The van der Waals surface area contributed by atoms with Crippen LogP contribution in [0.5, 0.6) is 0 Å². The van der Waals surface area contributed by atoms with Gasteiger partial charge in [-0.1, -0.05) is 59.8 Å². The van der Waals surface area contributed by atoms with Crippen molar-refractivity contribution in [2.24, 2.45) is 4.40 Å². The van der Waals surface area contributed by atoms with Crippen LogP contribution in [-0.2, 0) is 10.0 Å². The van der Waals surface area contributed by atoms with Crippen molar-refractivity contribution in [3.05, 3.63) is 89.0 Å². The Morgan fingerprint density at radius 1 is 0.963 bits per heavy atom. The van der Waals surface area contributed by atoms with E-state index in [0.717, 1.165) is 26.7 Å². The molecule has 0 atom stereocenters. The van der Waals surface area contributed by atoms with Gasteiger partial charge >= 0.3 is 0 Å². The molecule has 1 heterocycles. The Hall–Kier alpha value is -2.57. The fraction of sp³-hybridized carbons (Fsp3) is 0.0952. The van der Waals surface area contributed by atoms with Crippen molar-refractivity contribution in [1.29, 1.82) is 0 Å². The van der Waals surface area contributed by atoms with Crippen LogP contribution in [0.3, 0.4) is 0 Å². The number of nitrogens with zero attached hydrogens (tertiary/aromatic N) is 2. The summed E-state index contributed by atoms with van der Waals surface area (Å²) in [5.41, 5.74) is 3.36. The molecule has 27 heavy (non-hydrogen) atoms. The van der Waals surface area contributed by atoms with Crippen molar-refractivity contribution in [3.8, 4) is 0 Å². The van der Waals surface area contributed by atoms with Crippen molar-refractivity contribution < 1.29 is 8.42 Å². The number of hydrogen-bond acceptors (Lipinski definition) is 4. The maximum absolute atomic E-state index is 12.8. The third-order valence-electron chi connectivity index (χ3n) is 4.41. The number of thioether (sulfide) groups is 1. The molecule has 2 aliphatic rings. The molecule has 0 saturated heterocycles. The quantitative estimate of drug-likeness (QED) is 0.741. The third-order valence-corrected chi connectivity index (χ3v) is 6.97. The van der Waals surface area contributed by atoms with Crippen LogP contribution in [0.2, 0.25) is 0 Å². The molecule has 0 amide bonds. The predicted octanol–water partition coefficient (Wildman–Crippen LogP) is 4.70. The van der Waals surface area contributed by atoms with Gasteiger partial charge < -0.3 is 4.90 Å². The fourth-order valence-electron chi connectivity index (χ4n) is 2.96. The highest BCUT2D eigenvalue weighted by atomic mass is 32.2. The molecular weight excluding hydrogens is 376 g/mol. The zero-order chi connectivity index (χ0) is 19.0. The van der Waals surface area contributed by atoms with E-state index in [4.69, 9.17) is 0 Å². The van der Waals surface area contributed by atoms with Gasteiger partial charge in [-0.05, 0) is 37.3 Å². The first-order valence-electron chi connectivity index (χ1n) is 8.47. The number of anilines is 1. The molecule has 136 valence electrons. The van der Waals surface area contributed by atoms with E-state index in [-0.39, 0.29) is 4.90 Å². The van der Waals surface area contributed by atoms with Gasteiger partial charge in [0, 0.05) is 17.5 Å². The van der Waals surface area contributed by atoms with Gasteiger partial charge in [0.05, 0.1) is 21.3 Å². The Morgan fingerprint density at radius 3 is 2.41 bits per heavy atom. The Kier molecular flexibility index (Phi) is 4.53. The normalized spacial score (nSPS) is 20.4. The molecule has 4 nitrogen and oxygen atoms in total. The number of sulfonamides is 1. The van der Waals surface area contributed by atoms with E-state index < -0.39 is 10.0 Å². The minimum absolute atomic E-state index is 0.198. The van der Waals surface area contributed by atoms with Crippen LogP contribution in [0, 0.1) is 6.92 Å². The average molecular weight is 395 g/mol. The SMILES string of the molecule is Cc1ccc(S(=O)(=O)N=C2C=CC=CC2=C2Sc3ccccc3N2C)cc1. The summed E-state index contributed by atoms with van der Waals surface area (Å²) in [5.74, 6) is 0. The number of hydrogen-bond donors (Lipinski definition) is 0. The van der Waals surface area contributed by atoms with Crippen LogP contribution < -0.4 is 4.90 Å². The highest BCUT2D eigenvalue weighted by Crippen LogP contribution is 2.46. The highest BCUT2D eigenvalue weighted by molar-refractivity contribution is 8.03. The van der Waals surface area contributed by atoms with Gasteiger partial charge in [0.25, 0.3) is 10.0 Å². The maximum Gasteiger partial charge on any atom is 0.282 e. The number of allylic oxidation sites excluding steroid dienone is 5. The first-order valence-corrected chi connectivity index (χ1v) is 10.7. The van der Waals surface area contributed by atoms with Crippen LogP contribution in [0.25, 0.3) is 0 Å². The molecule has 2 aromatic carbocycles. The lowest BCUT2D eigenvalue weighted by atomic mass is 10.1. The smallest absolute Gasteiger partial charge is 0.282 e. The molecule has 0 saturated carbocycles. The van der Waals surface area contributed by atoms with Crippen molar-refractivity contribution in [1.82, 2.24) is 0 Å². The number of rotatable bonds is 2. The molecule has 0 spiro atoms. The molecule has 6 heteroatoms. The summed E-state index contributed by atoms with van der Waals surface area (Å²) in [6.07, 6.45) is 7.36. The minimum atomic E-state index is -3.78. The van der Waals surface area contributed by atoms with Gasteiger partial charge in [0.2, 0.25) is 0 Å². The molecule has 1 aliphatic carbocycles. The van der Waals surface area contributed by atoms with Gasteiger partial charge in [-0.2, -0.15) is 12.8 Å². The Morgan fingerprint density at radius 2 is 1.67 bits per heavy atom. The second-order valence-corrected chi connectivity index (χ2v) is 8.97. The Labute approximate surface area is 163 Å². The molecule has 0 bridgehead atoms. The monoisotopic (exact) mass is 394 g/mol. The van der Waals surface area contributed by atoms with Crippen molar-refractivity contribution in [2.75, 3.05) is 11.9 Å². The average Bonchev–Trinajstić information content (AvgIpc) is 2.99. The number of para-hydroxylation sites is 1. The molecule has 4 rings (SSSR count). The maximum atomic E-state index is 12.8. The topological polar surface area (TPSA) is 49.7 Å². The summed E-state index contributed by atoms with van der Waals surface area (Å²) in [6, 6.07) is 14.9. The molecule has 2 aromatic rings. The summed E-state index contributed by atoms with van der Waals surface area (Å²) < 4.78 is 29.7. The van der Waals surface area contributed by atoms with Gasteiger partial charge in [-0.25, -0.2) is 0 Å². The van der Waals surface area contributed by atoms with Crippen molar-refractivity contribution in [2.45, 2.75) is 16.7 Å². The minimum Gasteiger partial charge on any atom is -0.338 e. The fourth-order valence-corrected chi connectivity index (χ4v) is 5.15. The second kappa shape index (κ2) is 6.87. The summed E-state index contributed by atoms with van der Waals surface area (Å²) in [5, 5.41) is 0.967. The zero-order valence-corrected chi connectivity index (χ0v) is 16.6.